The predicted molar refractivity (Wildman–Crippen MR) is 124 cm³/mol. The third-order valence-corrected chi connectivity index (χ3v) is 6.81. The Kier molecular flexibility index (Phi) is 5.03. The van der Waals surface area contributed by atoms with Crippen LogP contribution in [0.25, 0.3) is 22.2 Å². The van der Waals surface area contributed by atoms with Crippen LogP contribution in [0.15, 0.2) is 36.7 Å². The zero-order chi connectivity index (χ0) is 20.7. The molecule has 1 unspecified atom stereocenters. The summed E-state index contributed by atoms with van der Waals surface area (Å²) >= 11 is 0. The highest BCUT2D eigenvalue weighted by Crippen LogP contribution is 2.38. The molecule has 1 saturated heterocycles. The maximum absolute atomic E-state index is 10.1. The van der Waals surface area contributed by atoms with E-state index < -0.39 is 0 Å². The van der Waals surface area contributed by atoms with Crippen LogP contribution in [0.3, 0.4) is 0 Å². The molecule has 2 aliphatic rings. The molecule has 2 heterocycles. The third-order valence-electron chi connectivity index (χ3n) is 6.81. The largest absolute Gasteiger partial charge is 0.397 e. The highest BCUT2D eigenvalue weighted by molar-refractivity contribution is 5.91. The van der Waals surface area contributed by atoms with Gasteiger partial charge in [-0.25, -0.2) is 4.98 Å². The lowest BCUT2D eigenvalue weighted by Gasteiger charge is -2.32. The molecule has 6 heteroatoms. The van der Waals surface area contributed by atoms with E-state index in [9.17, 15) is 5.11 Å². The number of benzene rings is 2. The van der Waals surface area contributed by atoms with Crippen molar-refractivity contribution in [3.8, 4) is 11.1 Å². The van der Waals surface area contributed by atoms with E-state index >= 15 is 0 Å². The Morgan fingerprint density at radius 1 is 0.967 bits per heavy atom. The molecule has 0 bridgehead atoms. The molecule has 0 radical (unpaired) electrons. The van der Waals surface area contributed by atoms with Crippen LogP contribution in [-0.4, -0.2) is 33.9 Å². The van der Waals surface area contributed by atoms with Crippen molar-refractivity contribution in [1.82, 2.24) is 9.55 Å². The van der Waals surface area contributed by atoms with Crippen molar-refractivity contribution < 1.29 is 5.11 Å². The number of nitrogen functional groups attached to an aromatic ring is 2. The van der Waals surface area contributed by atoms with Crippen LogP contribution in [0, 0.1) is 0 Å². The van der Waals surface area contributed by atoms with E-state index in [1.807, 2.05) is 12.4 Å². The first kappa shape index (κ1) is 19.2. The number of piperidine rings is 1. The van der Waals surface area contributed by atoms with Gasteiger partial charge in [-0.3, -0.25) is 0 Å². The number of anilines is 3. The van der Waals surface area contributed by atoms with Crippen molar-refractivity contribution in [3.05, 3.63) is 36.7 Å². The molecule has 6 nitrogen and oxygen atoms in total. The Balaban J connectivity index is 1.51. The lowest BCUT2D eigenvalue weighted by Crippen LogP contribution is -2.38. The quantitative estimate of drug-likeness (QED) is 0.564. The van der Waals surface area contributed by atoms with Gasteiger partial charge in [0.25, 0.3) is 0 Å². The van der Waals surface area contributed by atoms with E-state index in [0.29, 0.717) is 24.0 Å². The van der Waals surface area contributed by atoms with E-state index in [1.54, 1.807) is 0 Å². The second-order valence-electron chi connectivity index (χ2n) is 8.89. The zero-order valence-electron chi connectivity index (χ0n) is 17.4. The molecule has 158 valence electrons. The monoisotopic (exact) mass is 405 g/mol. The van der Waals surface area contributed by atoms with Gasteiger partial charge in [-0.05, 0) is 55.5 Å². The van der Waals surface area contributed by atoms with Gasteiger partial charge in [-0.2, -0.15) is 0 Å². The highest BCUT2D eigenvalue weighted by Gasteiger charge is 2.21. The average Bonchev–Trinajstić information content (AvgIpc) is 3.19. The SMILES string of the molecule is Nc1cc(N2CCCC(O)C2)cc(-c2ccc3c(c2)ncn3C2CCCCC2)c1N. The van der Waals surface area contributed by atoms with E-state index in [4.69, 9.17) is 16.5 Å². The Bertz CT molecular complexity index is 1050. The normalized spacial score (nSPS) is 20.7. The Morgan fingerprint density at radius 2 is 1.80 bits per heavy atom. The molecule has 1 atom stereocenters. The summed E-state index contributed by atoms with van der Waals surface area (Å²) in [4.78, 5) is 6.90. The molecule has 1 saturated carbocycles. The van der Waals surface area contributed by atoms with Crippen molar-refractivity contribution in [2.75, 3.05) is 29.5 Å². The summed E-state index contributed by atoms with van der Waals surface area (Å²) in [7, 11) is 0. The number of aliphatic hydroxyl groups excluding tert-OH is 1. The number of β-amino-alcohol motifs (C(OH)–C–C–N with tert-alkyl or cyclic N) is 1. The molecule has 0 amide bonds. The predicted octanol–water partition coefficient (Wildman–Crippen LogP) is 4.33. The van der Waals surface area contributed by atoms with Crippen LogP contribution in [0.1, 0.15) is 51.0 Å². The third kappa shape index (κ3) is 3.49. The fourth-order valence-corrected chi connectivity index (χ4v) is 5.12. The first-order chi connectivity index (χ1) is 14.6. The Labute approximate surface area is 177 Å². The number of hydrogen-bond donors (Lipinski definition) is 3. The number of imidazole rings is 1. The molecule has 0 spiro atoms. The van der Waals surface area contributed by atoms with Gasteiger partial charge in [0.15, 0.2) is 0 Å². The molecule has 3 aromatic rings. The number of aliphatic hydroxyl groups is 1. The summed E-state index contributed by atoms with van der Waals surface area (Å²) in [5.74, 6) is 0. The molecular formula is C24H31N5O. The second-order valence-corrected chi connectivity index (χ2v) is 8.89. The van der Waals surface area contributed by atoms with Crippen LogP contribution in [-0.2, 0) is 0 Å². The Hall–Kier alpha value is -2.73. The number of fused-ring (bicyclic) bond motifs is 1. The van der Waals surface area contributed by atoms with Gasteiger partial charge in [0.1, 0.15) is 0 Å². The summed E-state index contributed by atoms with van der Waals surface area (Å²) < 4.78 is 2.35. The van der Waals surface area contributed by atoms with E-state index in [1.165, 1.54) is 37.6 Å². The minimum absolute atomic E-state index is 0.291. The summed E-state index contributed by atoms with van der Waals surface area (Å²) in [6, 6.07) is 11.0. The van der Waals surface area contributed by atoms with Crippen LogP contribution in [0.5, 0.6) is 0 Å². The highest BCUT2D eigenvalue weighted by atomic mass is 16.3. The minimum atomic E-state index is -0.291. The van der Waals surface area contributed by atoms with Gasteiger partial charge in [0.2, 0.25) is 0 Å². The van der Waals surface area contributed by atoms with Gasteiger partial charge in [0.05, 0.1) is 34.8 Å². The molecule has 5 rings (SSSR count). The fourth-order valence-electron chi connectivity index (χ4n) is 5.12. The Morgan fingerprint density at radius 3 is 2.60 bits per heavy atom. The van der Waals surface area contributed by atoms with E-state index in [-0.39, 0.29) is 6.10 Å². The van der Waals surface area contributed by atoms with Crippen LogP contribution < -0.4 is 16.4 Å². The molecule has 30 heavy (non-hydrogen) atoms. The maximum atomic E-state index is 10.1. The van der Waals surface area contributed by atoms with Crippen molar-refractivity contribution in [3.63, 3.8) is 0 Å². The lowest BCUT2D eigenvalue weighted by atomic mass is 9.95. The van der Waals surface area contributed by atoms with Crippen molar-refractivity contribution in [2.24, 2.45) is 0 Å². The van der Waals surface area contributed by atoms with Crippen molar-refractivity contribution in [1.29, 1.82) is 0 Å². The van der Waals surface area contributed by atoms with Crippen LogP contribution in [0.4, 0.5) is 17.1 Å². The molecule has 1 aliphatic carbocycles. The van der Waals surface area contributed by atoms with Crippen LogP contribution >= 0.6 is 0 Å². The minimum Gasteiger partial charge on any atom is -0.397 e. The number of nitrogens with zero attached hydrogens (tertiary/aromatic N) is 3. The topological polar surface area (TPSA) is 93.3 Å². The lowest BCUT2D eigenvalue weighted by molar-refractivity contribution is 0.154. The number of nitrogens with two attached hydrogens (primary N) is 2. The summed E-state index contributed by atoms with van der Waals surface area (Å²) in [6.07, 6.45) is 9.96. The smallest absolute Gasteiger partial charge is 0.0960 e. The van der Waals surface area contributed by atoms with E-state index in [0.717, 1.165) is 41.7 Å². The second kappa shape index (κ2) is 7.84. The molecule has 2 aromatic carbocycles. The maximum Gasteiger partial charge on any atom is 0.0960 e. The first-order valence-corrected chi connectivity index (χ1v) is 11.2. The summed E-state index contributed by atoms with van der Waals surface area (Å²) in [5, 5.41) is 10.1. The number of rotatable bonds is 3. The number of aromatic nitrogens is 2. The van der Waals surface area contributed by atoms with Crippen molar-refractivity contribution >= 4 is 28.1 Å². The van der Waals surface area contributed by atoms with Gasteiger partial charge in [-0.15, -0.1) is 0 Å². The van der Waals surface area contributed by atoms with E-state index in [2.05, 4.69) is 33.7 Å². The fraction of sp³-hybridized carbons (Fsp3) is 0.458. The molecule has 5 N–H and O–H groups in total. The molecule has 1 aromatic heterocycles. The first-order valence-electron chi connectivity index (χ1n) is 11.2. The van der Waals surface area contributed by atoms with Crippen LogP contribution in [0.2, 0.25) is 0 Å². The molecule has 2 fully saturated rings. The summed E-state index contributed by atoms with van der Waals surface area (Å²) in [6.45, 7) is 1.55. The van der Waals surface area contributed by atoms with Gasteiger partial charge in [0, 0.05) is 30.4 Å². The van der Waals surface area contributed by atoms with Crippen molar-refractivity contribution in [2.45, 2.75) is 57.1 Å². The standard InChI is InChI=1S/C24H31N5O/c25-21-13-18(28-10-4-7-19(30)14-28)12-20(24(21)26)16-8-9-23-22(11-16)27-15-29(23)17-5-2-1-3-6-17/h8-9,11-13,15,17,19,30H,1-7,10,14,25-26H2. The number of hydrogen-bond acceptors (Lipinski definition) is 5. The van der Waals surface area contributed by atoms with Gasteiger partial charge < -0.3 is 26.0 Å². The zero-order valence-corrected chi connectivity index (χ0v) is 17.4. The van der Waals surface area contributed by atoms with Gasteiger partial charge in [-0.1, -0.05) is 25.3 Å². The summed E-state index contributed by atoms with van der Waals surface area (Å²) in [5.41, 5.74) is 19.0. The average molecular weight is 406 g/mol. The van der Waals surface area contributed by atoms with Gasteiger partial charge >= 0.3 is 0 Å². The molecular weight excluding hydrogens is 374 g/mol. The molecule has 1 aliphatic heterocycles.